The minimum atomic E-state index is -0.495. The van der Waals surface area contributed by atoms with Crippen LogP contribution in [0.2, 0.25) is 5.02 Å². The fourth-order valence-corrected chi connectivity index (χ4v) is 2.96. The standard InChI is InChI=1S/C19H23ClN2O2S.ClH/c1-13-10-16(24-12-14-4-3-5-15(20)11-14)6-7-18(13)22-19(23)17(21)8-9-25-2;/h3-7,10-11,17H,8-9,12,21H2,1-2H3,(H,22,23);1H/t17-;/m0./s1. The topological polar surface area (TPSA) is 64.4 Å². The van der Waals surface area contributed by atoms with E-state index in [1.54, 1.807) is 11.8 Å². The number of anilines is 1. The van der Waals surface area contributed by atoms with Gasteiger partial charge in [-0.1, -0.05) is 23.7 Å². The summed E-state index contributed by atoms with van der Waals surface area (Å²) in [7, 11) is 0. The molecule has 0 unspecified atom stereocenters. The number of halogens is 2. The van der Waals surface area contributed by atoms with E-state index in [-0.39, 0.29) is 18.3 Å². The summed E-state index contributed by atoms with van der Waals surface area (Å²) in [5.41, 5.74) is 8.57. The summed E-state index contributed by atoms with van der Waals surface area (Å²) in [4.78, 5) is 12.1. The van der Waals surface area contributed by atoms with Gasteiger partial charge in [0.15, 0.2) is 0 Å². The van der Waals surface area contributed by atoms with Crippen LogP contribution in [0, 0.1) is 6.92 Å². The van der Waals surface area contributed by atoms with Gasteiger partial charge in [0.1, 0.15) is 12.4 Å². The Hall–Kier alpha value is -1.40. The summed E-state index contributed by atoms with van der Waals surface area (Å²) in [6, 6.07) is 12.6. The second kappa shape index (κ2) is 11.3. The Bertz CT molecular complexity index is 728. The van der Waals surface area contributed by atoms with E-state index in [2.05, 4.69) is 5.32 Å². The minimum Gasteiger partial charge on any atom is -0.489 e. The average molecular weight is 415 g/mol. The molecule has 0 aliphatic carbocycles. The van der Waals surface area contributed by atoms with Crippen LogP contribution in [0.1, 0.15) is 17.5 Å². The lowest BCUT2D eigenvalue weighted by Gasteiger charge is -2.14. The van der Waals surface area contributed by atoms with Gasteiger partial charge in [0.2, 0.25) is 5.91 Å². The van der Waals surface area contributed by atoms with Crippen molar-refractivity contribution in [2.75, 3.05) is 17.3 Å². The first-order valence-electron chi connectivity index (χ1n) is 8.03. The lowest BCUT2D eigenvalue weighted by molar-refractivity contribution is -0.117. The van der Waals surface area contributed by atoms with E-state index in [0.717, 1.165) is 28.3 Å². The Morgan fingerprint density at radius 2 is 2.08 bits per heavy atom. The molecule has 142 valence electrons. The molecule has 0 saturated heterocycles. The Morgan fingerprint density at radius 3 is 2.73 bits per heavy atom. The monoisotopic (exact) mass is 414 g/mol. The molecule has 2 aromatic rings. The maximum atomic E-state index is 12.1. The van der Waals surface area contributed by atoms with Crippen LogP contribution in [0.4, 0.5) is 5.69 Å². The fourth-order valence-electron chi connectivity index (χ4n) is 2.26. The highest BCUT2D eigenvalue weighted by molar-refractivity contribution is 7.98. The lowest BCUT2D eigenvalue weighted by Crippen LogP contribution is -2.36. The van der Waals surface area contributed by atoms with Crippen molar-refractivity contribution in [2.24, 2.45) is 5.73 Å². The van der Waals surface area contributed by atoms with Crippen molar-refractivity contribution < 1.29 is 9.53 Å². The summed E-state index contributed by atoms with van der Waals surface area (Å²) >= 11 is 7.65. The number of thioether (sulfide) groups is 1. The molecule has 0 aromatic heterocycles. The van der Waals surface area contributed by atoms with Gasteiger partial charge in [-0.05, 0) is 66.8 Å². The van der Waals surface area contributed by atoms with Gasteiger partial charge in [-0.3, -0.25) is 4.79 Å². The predicted molar refractivity (Wildman–Crippen MR) is 114 cm³/mol. The Morgan fingerprint density at radius 1 is 1.31 bits per heavy atom. The van der Waals surface area contributed by atoms with Crippen molar-refractivity contribution in [2.45, 2.75) is 26.0 Å². The van der Waals surface area contributed by atoms with Crippen LogP contribution < -0.4 is 15.8 Å². The number of carbonyl (C=O) groups excluding carboxylic acids is 1. The molecule has 0 aliphatic rings. The van der Waals surface area contributed by atoms with Gasteiger partial charge < -0.3 is 15.8 Å². The third-order valence-electron chi connectivity index (χ3n) is 3.72. The number of nitrogens with two attached hydrogens (primary N) is 1. The number of carbonyl (C=O) groups is 1. The van der Waals surface area contributed by atoms with Crippen LogP contribution in [-0.2, 0) is 11.4 Å². The summed E-state index contributed by atoms with van der Waals surface area (Å²) in [6.07, 6.45) is 2.66. The van der Waals surface area contributed by atoms with Gasteiger partial charge >= 0.3 is 0 Å². The quantitative estimate of drug-likeness (QED) is 0.658. The Kier molecular flexibility index (Phi) is 9.88. The molecule has 26 heavy (non-hydrogen) atoms. The molecule has 3 N–H and O–H groups in total. The smallest absolute Gasteiger partial charge is 0.241 e. The lowest BCUT2D eigenvalue weighted by atomic mass is 10.1. The molecule has 0 aliphatic heterocycles. The molecule has 4 nitrogen and oxygen atoms in total. The van der Waals surface area contributed by atoms with Gasteiger partial charge in [0, 0.05) is 10.7 Å². The van der Waals surface area contributed by atoms with Crippen molar-refractivity contribution in [3.05, 3.63) is 58.6 Å². The largest absolute Gasteiger partial charge is 0.489 e. The van der Waals surface area contributed by atoms with E-state index in [4.69, 9.17) is 22.1 Å². The first-order chi connectivity index (χ1) is 12.0. The molecule has 0 heterocycles. The molecule has 0 fully saturated rings. The third-order valence-corrected chi connectivity index (χ3v) is 4.60. The van der Waals surface area contributed by atoms with Crippen LogP contribution in [0.25, 0.3) is 0 Å². The van der Waals surface area contributed by atoms with Crippen LogP contribution in [0.15, 0.2) is 42.5 Å². The van der Waals surface area contributed by atoms with Crippen molar-refractivity contribution in [3.63, 3.8) is 0 Å². The van der Waals surface area contributed by atoms with Crippen molar-refractivity contribution in [1.29, 1.82) is 0 Å². The van der Waals surface area contributed by atoms with Gasteiger partial charge in [-0.25, -0.2) is 0 Å². The number of benzene rings is 2. The van der Waals surface area contributed by atoms with E-state index in [9.17, 15) is 4.79 Å². The van der Waals surface area contributed by atoms with E-state index in [1.807, 2.05) is 55.6 Å². The van der Waals surface area contributed by atoms with Gasteiger partial charge in [-0.2, -0.15) is 11.8 Å². The van der Waals surface area contributed by atoms with E-state index in [0.29, 0.717) is 18.1 Å². The van der Waals surface area contributed by atoms with E-state index in [1.165, 1.54) is 0 Å². The maximum Gasteiger partial charge on any atom is 0.241 e. The first kappa shape index (κ1) is 22.6. The Balaban J connectivity index is 0.00000338. The zero-order valence-corrected chi connectivity index (χ0v) is 17.2. The second-order valence-electron chi connectivity index (χ2n) is 5.77. The van der Waals surface area contributed by atoms with Gasteiger partial charge in [0.05, 0.1) is 6.04 Å². The summed E-state index contributed by atoms with van der Waals surface area (Å²) < 4.78 is 5.79. The van der Waals surface area contributed by atoms with Crippen LogP contribution in [0.3, 0.4) is 0 Å². The molecule has 1 amide bonds. The third kappa shape index (κ3) is 7.08. The SMILES string of the molecule is CSCC[C@H](N)C(=O)Nc1ccc(OCc2cccc(Cl)c2)cc1C.Cl. The average Bonchev–Trinajstić information content (AvgIpc) is 2.60. The number of nitrogens with one attached hydrogen (secondary N) is 1. The zero-order chi connectivity index (χ0) is 18.2. The predicted octanol–water partition coefficient (Wildman–Crippen LogP) is 4.67. The molecule has 0 saturated carbocycles. The maximum absolute atomic E-state index is 12.1. The number of hydrogen-bond acceptors (Lipinski definition) is 4. The van der Waals surface area contributed by atoms with Crippen LogP contribution in [-0.4, -0.2) is 24.0 Å². The minimum absolute atomic E-state index is 0. The summed E-state index contributed by atoms with van der Waals surface area (Å²) in [5, 5.41) is 3.57. The van der Waals surface area contributed by atoms with Crippen LogP contribution >= 0.6 is 35.8 Å². The normalized spacial score (nSPS) is 11.4. The van der Waals surface area contributed by atoms with Gasteiger partial charge in [0.25, 0.3) is 0 Å². The highest BCUT2D eigenvalue weighted by Crippen LogP contribution is 2.23. The molecule has 2 rings (SSSR count). The highest BCUT2D eigenvalue weighted by Gasteiger charge is 2.14. The number of ether oxygens (including phenoxy) is 1. The molecule has 7 heteroatoms. The molecular weight excluding hydrogens is 391 g/mol. The number of aryl methyl sites for hydroxylation is 1. The number of amides is 1. The Labute approximate surface area is 170 Å². The molecule has 2 aromatic carbocycles. The summed E-state index contributed by atoms with van der Waals surface area (Å²) in [6.45, 7) is 2.36. The van der Waals surface area contributed by atoms with Crippen molar-refractivity contribution in [3.8, 4) is 5.75 Å². The van der Waals surface area contributed by atoms with E-state index >= 15 is 0 Å². The molecule has 0 radical (unpaired) electrons. The van der Waals surface area contributed by atoms with Crippen LogP contribution in [0.5, 0.6) is 5.75 Å². The first-order valence-corrected chi connectivity index (χ1v) is 9.80. The molecule has 0 bridgehead atoms. The second-order valence-corrected chi connectivity index (χ2v) is 7.19. The van der Waals surface area contributed by atoms with Gasteiger partial charge in [-0.15, -0.1) is 12.4 Å². The molecular formula is C19H24Cl2N2O2S. The fraction of sp³-hybridized carbons (Fsp3) is 0.316. The van der Waals surface area contributed by atoms with E-state index < -0.39 is 6.04 Å². The molecule has 0 spiro atoms. The highest BCUT2D eigenvalue weighted by atomic mass is 35.5. The number of hydrogen-bond donors (Lipinski definition) is 2. The van der Waals surface area contributed by atoms with Crippen molar-refractivity contribution >= 4 is 47.4 Å². The molecule has 1 atom stereocenters. The zero-order valence-electron chi connectivity index (χ0n) is 14.8. The summed E-state index contributed by atoms with van der Waals surface area (Å²) in [5.74, 6) is 1.44. The van der Waals surface area contributed by atoms with Crippen molar-refractivity contribution in [1.82, 2.24) is 0 Å². The number of rotatable bonds is 8.